The second-order valence-corrected chi connectivity index (χ2v) is 6.50. The SMILES string of the molecule is Cc1nc(C)c(C(C)NCCN2CCCCC2)s1. The third kappa shape index (κ3) is 3.77. The van der Waals surface area contributed by atoms with E-state index in [1.54, 1.807) is 0 Å². The minimum absolute atomic E-state index is 0.431. The van der Waals surface area contributed by atoms with E-state index in [0.717, 1.165) is 6.54 Å². The summed E-state index contributed by atoms with van der Waals surface area (Å²) in [4.78, 5) is 8.47. The molecule has 1 aliphatic heterocycles. The smallest absolute Gasteiger partial charge is 0.0900 e. The lowest BCUT2D eigenvalue weighted by Gasteiger charge is -2.27. The average Bonchev–Trinajstić information content (AvgIpc) is 2.70. The topological polar surface area (TPSA) is 28.2 Å². The van der Waals surface area contributed by atoms with Crippen LogP contribution < -0.4 is 5.32 Å². The molecule has 0 bridgehead atoms. The molecule has 18 heavy (non-hydrogen) atoms. The predicted octanol–water partition coefficient (Wildman–Crippen LogP) is 2.90. The van der Waals surface area contributed by atoms with Crippen molar-refractivity contribution >= 4 is 11.3 Å². The zero-order valence-corrected chi connectivity index (χ0v) is 12.6. The molecule has 1 unspecified atom stereocenters. The average molecular weight is 267 g/mol. The van der Waals surface area contributed by atoms with Gasteiger partial charge in [-0.25, -0.2) is 4.98 Å². The Labute approximate surface area is 115 Å². The summed E-state index contributed by atoms with van der Waals surface area (Å²) in [6.45, 7) is 11.3. The molecule has 0 radical (unpaired) electrons. The summed E-state index contributed by atoms with van der Waals surface area (Å²) < 4.78 is 0. The highest BCUT2D eigenvalue weighted by Gasteiger charge is 2.13. The Hall–Kier alpha value is -0.450. The number of nitrogens with zero attached hydrogens (tertiary/aromatic N) is 2. The van der Waals surface area contributed by atoms with Crippen LogP contribution in [0, 0.1) is 13.8 Å². The van der Waals surface area contributed by atoms with Crippen LogP contribution in [0.5, 0.6) is 0 Å². The molecule has 0 spiro atoms. The van der Waals surface area contributed by atoms with Gasteiger partial charge in [0.1, 0.15) is 0 Å². The number of likely N-dealkylation sites (tertiary alicyclic amines) is 1. The summed E-state index contributed by atoms with van der Waals surface area (Å²) >= 11 is 1.82. The van der Waals surface area contributed by atoms with Crippen molar-refractivity contribution in [1.82, 2.24) is 15.2 Å². The molecule has 1 aliphatic rings. The maximum Gasteiger partial charge on any atom is 0.0900 e. The number of rotatable bonds is 5. The van der Waals surface area contributed by atoms with Gasteiger partial charge in [-0.2, -0.15) is 0 Å². The van der Waals surface area contributed by atoms with Crippen molar-refractivity contribution < 1.29 is 0 Å². The number of hydrogen-bond acceptors (Lipinski definition) is 4. The Kier molecular flexibility index (Phi) is 5.15. The maximum atomic E-state index is 4.50. The number of nitrogens with one attached hydrogen (secondary N) is 1. The van der Waals surface area contributed by atoms with E-state index < -0.39 is 0 Å². The summed E-state index contributed by atoms with van der Waals surface area (Å²) in [5.74, 6) is 0. The van der Waals surface area contributed by atoms with Crippen molar-refractivity contribution in [3.8, 4) is 0 Å². The normalized spacial score (nSPS) is 19.1. The number of piperidine rings is 1. The number of aryl methyl sites for hydroxylation is 2. The molecule has 0 saturated carbocycles. The summed E-state index contributed by atoms with van der Waals surface area (Å²) in [5.41, 5.74) is 1.19. The van der Waals surface area contributed by atoms with Crippen molar-refractivity contribution in [2.24, 2.45) is 0 Å². The molecule has 1 saturated heterocycles. The van der Waals surface area contributed by atoms with E-state index in [-0.39, 0.29) is 0 Å². The molecule has 1 fully saturated rings. The lowest BCUT2D eigenvalue weighted by Crippen LogP contribution is -2.36. The number of aromatic nitrogens is 1. The molecule has 3 nitrogen and oxygen atoms in total. The van der Waals surface area contributed by atoms with Gasteiger partial charge >= 0.3 is 0 Å². The first-order chi connectivity index (χ1) is 8.66. The molecule has 1 N–H and O–H groups in total. The second kappa shape index (κ2) is 6.64. The van der Waals surface area contributed by atoms with E-state index >= 15 is 0 Å². The van der Waals surface area contributed by atoms with Gasteiger partial charge in [0.25, 0.3) is 0 Å². The lowest BCUT2D eigenvalue weighted by molar-refractivity contribution is 0.227. The van der Waals surface area contributed by atoms with Gasteiger partial charge in [-0.05, 0) is 46.7 Å². The zero-order valence-electron chi connectivity index (χ0n) is 11.8. The van der Waals surface area contributed by atoms with Gasteiger partial charge in [0.05, 0.1) is 10.7 Å². The lowest BCUT2D eigenvalue weighted by atomic mass is 10.1. The van der Waals surface area contributed by atoms with E-state index in [9.17, 15) is 0 Å². The van der Waals surface area contributed by atoms with Crippen LogP contribution in [-0.4, -0.2) is 36.1 Å². The Morgan fingerprint density at radius 2 is 2.00 bits per heavy atom. The van der Waals surface area contributed by atoms with E-state index in [1.165, 1.54) is 54.5 Å². The highest BCUT2D eigenvalue weighted by Crippen LogP contribution is 2.24. The molecule has 2 heterocycles. The molecule has 0 amide bonds. The van der Waals surface area contributed by atoms with E-state index in [1.807, 2.05) is 11.3 Å². The molecule has 1 aromatic rings. The van der Waals surface area contributed by atoms with Crippen molar-refractivity contribution in [3.05, 3.63) is 15.6 Å². The van der Waals surface area contributed by atoms with Gasteiger partial charge in [-0.3, -0.25) is 0 Å². The Morgan fingerprint density at radius 1 is 1.28 bits per heavy atom. The van der Waals surface area contributed by atoms with Crippen LogP contribution in [0.4, 0.5) is 0 Å². The van der Waals surface area contributed by atoms with E-state index in [0.29, 0.717) is 6.04 Å². The number of hydrogen-bond donors (Lipinski definition) is 1. The summed E-state index contributed by atoms with van der Waals surface area (Å²) in [6.07, 6.45) is 4.17. The third-order valence-electron chi connectivity index (χ3n) is 3.66. The standard InChI is InChI=1S/C14H25N3S/c1-11(14-12(2)16-13(3)18-14)15-7-10-17-8-5-4-6-9-17/h11,15H,4-10H2,1-3H3. The minimum Gasteiger partial charge on any atom is -0.308 e. The molecule has 0 aliphatic carbocycles. The van der Waals surface area contributed by atoms with Crippen LogP contribution in [0.15, 0.2) is 0 Å². The molecular weight excluding hydrogens is 242 g/mol. The van der Waals surface area contributed by atoms with Gasteiger partial charge < -0.3 is 10.2 Å². The number of thiazole rings is 1. The minimum atomic E-state index is 0.431. The second-order valence-electron chi connectivity index (χ2n) is 5.26. The fourth-order valence-electron chi connectivity index (χ4n) is 2.66. The summed E-state index contributed by atoms with van der Waals surface area (Å²) in [7, 11) is 0. The highest BCUT2D eigenvalue weighted by atomic mass is 32.1. The van der Waals surface area contributed by atoms with Gasteiger partial charge in [0.2, 0.25) is 0 Å². The van der Waals surface area contributed by atoms with Gasteiger partial charge in [0, 0.05) is 24.0 Å². The highest BCUT2D eigenvalue weighted by molar-refractivity contribution is 7.11. The molecule has 0 aromatic carbocycles. The van der Waals surface area contributed by atoms with Crippen molar-refractivity contribution in [2.75, 3.05) is 26.2 Å². The Balaban J connectivity index is 1.74. The van der Waals surface area contributed by atoms with Crippen molar-refractivity contribution in [3.63, 3.8) is 0 Å². The summed E-state index contributed by atoms with van der Waals surface area (Å²) in [5, 5.41) is 4.80. The molecule has 1 atom stereocenters. The fraction of sp³-hybridized carbons (Fsp3) is 0.786. The largest absolute Gasteiger partial charge is 0.308 e. The van der Waals surface area contributed by atoms with Crippen molar-refractivity contribution in [1.29, 1.82) is 0 Å². The Morgan fingerprint density at radius 3 is 2.61 bits per heavy atom. The molecule has 1 aromatic heterocycles. The van der Waals surface area contributed by atoms with Crippen LogP contribution in [0.25, 0.3) is 0 Å². The van der Waals surface area contributed by atoms with E-state index in [4.69, 9.17) is 0 Å². The zero-order chi connectivity index (χ0) is 13.0. The first kappa shape index (κ1) is 14.0. The van der Waals surface area contributed by atoms with Gasteiger partial charge in [0.15, 0.2) is 0 Å². The first-order valence-corrected chi connectivity index (χ1v) is 7.88. The van der Waals surface area contributed by atoms with Crippen LogP contribution in [0.3, 0.4) is 0 Å². The third-order valence-corrected chi connectivity index (χ3v) is 4.92. The maximum absolute atomic E-state index is 4.50. The predicted molar refractivity (Wildman–Crippen MR) is 78.3 cm³/mol. The van der Waals surface area contributed by atoms with Crippen LogP contribution in [0.2, 0.25) is 0 Å². The van der Waals surface area contributed by atoms with Gasteiger partial charge in [-0.1, -0.05) is 6.42 Å². The van der Waals surface area contributed by atoms with E-state index in [2.05, 4.69) is 36.0 Å². The van der Waals surface area contributed by atoms with Crippen molar-refractivity contribution in [2.45, 2.75) is 46.1 Å². The summed E-state index contributed by atoms with van der Waals surface area (Å²) in [6, 6.07) is 0.431. The molecule has 102 valence electrons. The molecule has 4 heteroatoms. The Bertz CT molecular complexity index is 369. The quantitative estimate of drug-likeness (QED) is 0.889. The van der Waals surface area contributed by atoms with Gasteiger partial charge in [-0.15, -0.1) is 11.3 Å². The first-order valence-electron chi connectivity index (χ1n) is 7.06. The monoisotopic (exact) mass is 267 g/mol. The van der Waals surface area contributed by atoms with Crippen LogP contribution in [0.1, 0.15) is 47.8 Å². The van der Waals surface area contributed by atoms with Crippen LogP contribution in [-0.2, 0) is 0 Å². The molecule has 2 rings (SSSR count). The van der Waals surface area contributed by atoms with Crippen LogP contribution >= 0.6 is 11.3 Å². The fourth-order valence-corrected chi connectivity index (χ4v) is 3.62. The molecular formula is C14H25N3S.